The molecule has 0 rings (SSSR count). The Hall–Kier alpha value is -0.650. The van der Waals surface area contributed by atoms with Crippen LogP contribution in [0.25, 0.3) is 0 Å². The van der Waals surface area contributed by atoms with Crippen molar-refractivity contribution in [2.75, 3.05) is 45.8 Å². The summed E-state index contributed by atoms with van der Waals surface area (Å²) in [6, 6.07) is 0. The van der Waals surface area contributed by atoms with E-state index in [0.717, 1.165) is 26.2 Å². The van der Waals surface area contributed by atoms with Crippen LogP contribution in [0, 0.1) is 0 Å². The summed E-state index contributed by atoms with van der Waals surface area (Å²) in [7, 11) is 0. The molecule has 0 aliphatic heterocycles. The Labute approximate surface area is 92.4 Å². The van der Waals surface area contributed by atoms with Crippen LogP contribution in [0.15, 0.2) is 0 Å². The summed E-state index contributed by atoms with van der Waals surface area (Å²) >= 11 is 0. The van der Waals surface area contributed by atoms with Gasteiger partial charge in [-0.3, -0.25) is 9.69 Å². The minimum absolute atomic E-state index is 0.155. The van der Waals surface area contributed by atoms with Crippen molar-refractivity contribution < 1.29 is 4.79 Å². The fraction of sp³-hybridized carbons (Fsp3) is 0.900. The van der Waals surface area contributed by atoms with Crippen molar-refractivity contribution in [1.82, 2.24) is 9.80 Å². The number of carbonyl (C=O) groups excluding carboxylic acids is 1. The van der Waals surface area contributed by atoms with Gasteiger partial charge in [-0.15, -0.1) is 0 Å². The summed E-state index contributed by atoms with van der Waals surface area (Å²) in [5.74, 6) is 0.155. The molecule has 5 heteroatoms. The van der Waals surface area contributed by atoms with Crippen LogP contribution in [0.1, 0.15) is 13.8 Å². The lowest BCUT2D eigenvalue weighted by Gasteiger charge is -2.25. The summed E-state index contributed by atoms with van der Waals surface area (Å²) in [6.07, 6.45) is 0. The molecule has 0 aromatic rings. The summed E-state index contributed by atoms with van der Waals surface area (Å²) in [5.41, 5.74) is 10.9. The minimum Gasteiger partial charge on any atom is -0.342 e. The summed E-state index contributed by atoms with van der Waals surface area (Å²) in [6.45, 7) is 8.49. The molecule has 0 saturated heterocycles. The Morgan fingerprint density at radius 3 is 1.87 bits per heavy atom. The van der Waals surface area contributed by atoms with Crippen LogP contribution < -0.4 is 11.5 Å². The molecule has 0 aromatic carbocycles. The van der Waals surface area contributed by atoms with Crippen molar-refractivity contribution in [2.45, 2.75) is 13.8 Å². The maximum Gasteiger partial charge on any atom is 0.236 e. The molecule has 0 atom stereocenters. The molecule has 0 unspecified atom stereocenters. The lowest BCUT2D eigenvalue weighted by atomic mass is 10.4. The lowest BCUT2D eigenvalue weighted by molar-refractivity contribution is -0.132. The quantitative estimate of drug-likeness (QED) is 0.550. The fourth-order valence-electron chi connectivity index (χ4n) is 1.50. The van der Waals surface area contributed by atoms with Gasteiger partial charge in [-0.25, -0.2) is 0 Å². The highest BCUT2D eigenvalue weighted by Gasteiger charge is 2.13. The van der Waals surface area contributed by atoms with Crippen molar-refractivity contribution in [3.05, 3.63) is 0 Å². The van der Waals surface area contributed by atoms with Crippen LogP contribution in [0.2, 0.25) is 0 Å². The van der Waals surface area contributed by atoms with E-state index < -0.39 is 0 Å². The molecular weight excluding hydrogens is 192 g/mol. The van der Waals surface area contributed by atoms with Crippen LogP contribution in [0.4, 0.5) is 0 Å². The number of rotatable bonds is 8. The fourth-order valence-corrected chi connectivity index (χ4v) is 1.50. The molecular formula is C10H24N4O. The second-order valence-electron chi connectivity index (χ2n) is 3.42. The smallest absolute Gasteiger partial charge is 0.236 e. The predicted molar refractivity (Wildman–Crippen MR) is 62.5 cm³/mol. The third-order valence-electron chi connectivity index (χ3n) is 2.37. The highest BCUT2D eigenvalue weighted by Crippen LogP contribution is 1.93. The zero-order chi connectivity index (χ0) is 11.7. The van der Waals surface area contributed by atoms with Crippen LogP contribution in [-0.2, 0) is 4.79 Å². The van der Waals surface area contributed by atoms with E-state index in [1.54, 1.807) is 0 Å². The molecule has 0 spiro atoms. The van der Waals surface area contributed by atoms with Crippen LogP contribution >= 0.6 is 0 Å². The van der Waals surface area contributed by atoms with E-state index in [1.165, 1.54) is 0 Å². The van der Waals surface area contributed by atoms with E-state index >= 15 is 0 Å². The van der Waals surface area contributed by atoms with Gasteiger partial charge >= 0.3 is 0 Å². The maximum atomic E-state index is 11.8. The standard InChI is InChI=1S/C10H24N4O/c1-3-14(4-2)10(15)9-13(7-5-11)8-6-12/h3-9,11-12H2,1-2H3. The van der Waals surface area contributed by atoms with Crippen LogP contribution in [-0.4, -0.2) is 61.5 Å². The topological polar surface area (TPSA) is 75.6 Å². The van der Waals surface area contributed by atoms with Gasteiger partial charge in [0.15, 0.2) is 0 Å². The first-order valence-electron chi connectivity index (χ1n) is 5.59. The molecule has 0 heterocycles. The Balaban J connectivity index is 4.07. The van der Waals surface area contributed by atoms with Gasteiger partial charge in [0.25, 0.3) is 0 Å². The number of hydrogen-bond donors (Lipinski definition) is 2. The summed E-state index contributed by atoms with van der Waals surface area (Å²) in [4.78, 5) is 15.6. The molecule has 5 nitrogen and oxygen atoms in total. The number of hydrogen-bond acceptors (Lipinski definition) is 4. The summed E-state index contributed by atoms with van der Waals surface area (Å²) in [5, 5.41) is 0. The second kappa shape index (κ2) is 8.64. The largest absolute Gasteiger partial charge is 0.342 e. The van der Waals surface area contributed by atoms with Crippen molar-refractivity contribution in [1.29, 1.82) is 0 Å². The van der Waals surface area contributed by atoms with E-state index in [-0.39, 0.29) is 5.91 Å². The monoisotopic (exact) mass is 216 g/mol. The molecule has 90 valence electrons. The second-order valence-corrected chi connectivity index (χ2v) is 3.42. The van der Waals surface area contributed by atoms with Gasteiger partial charge in [0.2, 0.25) is 5.91 Å². The first-order valence-corrected chi connectivity index (χ1v) is 5.59. The molecule has 0 aliphatic carbocycles. The third-order valence-corrected chi connectivity index (χ3v) is 2.37. The van der Waals surface area contributed by atoms with Crippen molar-refractivity contribution >= 4 is 5.91 Å². The number of likely N-dealkylation sites (N-methyl/N-ethyl adjacent to an activating group) is 1. The number of carbonyl (C=O) groups is 1. The van der Waals surface area contributed by atoms with Gasteiger partial charge in [-0.1, -0.05) is 0 Å². The van der Waals surface area contributed by atoms with Crippen molar-refractivity contribution in [2.24, 2.45) is 11.5 Å². The molecule has 1 amide bonds. The average molecular weight is 216 g/mol. The zero-order valence-electron chi connectivity index (χ0n) is 9.91. The summed E-state index contributed by atoms with van der Waals surface area (Å²) < 4.78 is 0. The Bertz CT molecular complexity index is 165. The van der Waals surface area contributed by atoms with Crippen LogP contribution in [0.3, 0.4) is 0 Å². The highest BCUT2D eigenvalue weighted by molar-refractivity contribution is 5.78. The molecule has 0 aliphatic rings. The molecule has 0 bridgehead atoms. The molecule has 0 radical (unpaired) electrons. The van der Waals surface area contributed by atoms with E-state index in [2.05, 4.69) is 0 Å². The van der Waals surface area contributed by atoms with Crippen LogP contribution in [0.5, 0.6) is 0 Å². The number of amides is 1. The minimum atomic E-state index is 0.155. The number of nitrogens with zero attached hydrogens (tertiary/aromatic N) is 2. The van der Waals surface area contributed by atoms with E-state index in [9.17, 15) is 4.79 Å². The first kappa shape index (κ1) is 14.3. The third kappa shape index (κ3) is 5.71. The Morgan fingerprint density at radius 2 is 1.53 bits per heavy atom. The number of nitrogens with two attached hydrogens (primary N) is 2. The van der Waals surface area contributed by atoms with Gasteiger partial charge in [-0.2, -0.15) is 0 Å². The van der Waals surface area contributed by atoms with Gasteiger partial charge in [0.05, 0.1) is 6.54 Å². The lowest BCUT2D eigenvalue weighted by Crippen LogP contribution is -2.43. The molecule has 0 saturated carbocycles. The normalized spacial score (nSPS) is 10.7. The Kier molecular flexibility index (Phi) is 8.27. The molecule has 0 fully saturated rings. The molecule has 4 N–H and O–H groups in total. The van der Waals surface area contributed by atoms with Gasteiger partial charge in [0.1, 0.15) is 0 Å². The van der Waals surface area contributed by atoms with Gasteiger partial charge < -0.3 is 16.4 Å². The predicted octanol–water partition coefficient (Wildman–Crippen LogP) is -0.926. The van der Waals surface area contributed by atoms with E-state index in [0.29, 0.717) is 19.6 Å². The SMILES string of the molecule is CCN(CC)C(=O)CN(CCN)CCN. The van der Waals surface area contributed by atoms with Gasteiger partial charge in [-0.05, 0) is 13.8 Å². The highest BCUT2D eigenvalue weighted by atomic mass is 16.2. The van der Waals surface area contributed by atoms with Crippen molar-refractivity contribution in [3.8, 4) is 0 Å². The van der Waals surface area contributed by atoms with Crippen molar-refractivity contribution in [3.63, 3.8) is 0 Å². The van der Waals surface area contributed by atoms with E-state index in [1.807, 2.05) is 23.6 Å². The Morgan fingerprint density at radius 1 is 1.07 bits per heavy atom. The molecule has 0 aromatic heterocycles. The van der Waals surface area contributed by atoms with Gasteiger partial charge in [0, 0.05) is 39.3 Å². The first-order chi connectivity index (χ1) is 7.19. The maximum absolute atomic E-state index is 11.8. The molecule has 15 heavy (non-hydrogen) atoms. The van der Waals surface area contributed by atoms with E-state index in [4.69, 9.17) is 11.5 Å². The zero-order valence-corrected chi connectivity index (χ0v) is 9.91. The average Bonchev–Trinajstić information content (AvgIpc) is 2.20.